The van der Waals surface area contributed by atoms with Crippen LogP contribution in [0.4, 0.5) is 0 Å². The van der Waals surface area contributed by atoms with E-state index in [0.717, 1.165) is 29.5 Å². The molecule has 1 aliphatic rings. The van der Waals surface area contributed by atoms with Crippen molar-refractivity contribution >= 4 is 11.8 Å². The van der Waals surface area contributed by atoms with E-state index < -0.39 is 0 Å². The molecule has 1 aliphatic heterocycles. The van der Waals surface area contributed by atoms with Gasteiger partial charge in [0.05, 0.1) is 0 Å². The summed E-state index contributed by atoms with van der Waals surface area (Å²) in [6.45, 7) is 8.62. The minimum atomic E-state index is 0.0851. The predicted octanol–water partition coefficient (Wildman–Crippen LogP) is 2.78. The molecule has 1 aromatic rings. The standard InChI is InChI=1S/C18H26N2O2/c1-4-5-6-17(21)19-9-11-20(12-10-19)18(22)16-13-14(2)7-8-15(16)3/h7-8,13H,4-6,9-12H2,1-3H3. The van der Waals surface area contributed by atoms with Gasteiger partial charge in [-0.15, -0.1) is 0 Å². The highest BCUT2D eigenvalue weighted by atomic mass is 16.2. The van der Waals surface area contributed by atoms with E-state index in [1.54, 1.807) is 0 Å². The van der Waals surface area contributed by atoms with Gasteiger partial charge in [0.15, 0.2) is 0 Å². The third-order valence-electron chi connectivity index (χ3n) is 4.29. The van der Waals surface area contributed by atoms with Gasteiger partial charge in [0.2, 0.25) is 5.91 Å². The summed E-state index contributed by atoms with van der Waals surface area (Å²) >= 11 is 0. The Hall–Kier alpha value is -1.84. The molecule has 1 fully saturated rings. The molecule has 0 saturated carbocycles. The Balaban J connectivity index is 1.95. The van der Waals surface area contributed by atoms with E-state index in [4.69, 9.17) is 0 Å². The van der Waals surface area contributed by atoms with Crippen LogP contribution in [0.15, 0.2) is 18.2 Å². The molecule has 0 atom stereocenters. The molecule has 0 unspecified atom stereocenters. The highest BCUT2D eigenvalue weighted by Gasteiger charge is 2.25. The summed E-state index contributed by atoms with van der Waals surface area (Å²) in [6, 6.07) is 5.97. The number of carbonyl (C=O) groups excluding carboxylic acids is 2. The molecule has 0 bridgehead atoms. The lowest BCUT2D eigenvalue weighted by atomic mass is 10.0. The van der Waals surface area contributed by atoms with Crippen LogP contribution in [0.25, 0.3) is 0 Å². The highest BCUT2D eigenvalue weighted by molar-refractivity contribution is 5.96. The van der Waals surface area contributed by atoms with Crippen molar-refractivity contribution in [1.29, 1.82) is 0 Å². The molecule has 0 aromatic heterocycles. The zero-order chi connectivity index (χ0) is 16.1. The van der Waals surface area contributed by atoms with Gasteiger partial charge < -0.3 is 9.80 Å². The van der Waals surface area contributed by atoms with Crippen LogP contribution >= 0.6 is 0 Å². The number of amides is 2. The number of benzene rings is 1. The topological polar surface area (TPSA) is 40.6 Å². The molecule has 1 heterocycles. The smallest absolute Gasteiger partial charge is 0.254 e. The Labute approximate surface area is 133 Å². The van der Waals surface area contributed by atoms with Crippen molar-refractivity contribution in [2.45, 2.75) is 40.0 Å². The first-order valence-electron chi connectivity index (χ1n) is 8.17. The average Bonchev–Trinajstić information content (AvgIpc) is 2.54. The van der Waals surface area contributed by atoms with Gasteiger partial charge in [-0.1, -0.05) is 31.0 Å². The van der Waals surface area contributed by atoms with Crippen molar-refractivity contribution in [2.24, 2.45) is 0 Å². The largest absolute Gasteiger partial charge is 0.339 e. The second-order valence-electron chi connectivity index (χ2n) is 6.09. The molecule has 2 rings (SSSR count). The Morgan fingerprint density at radius 3 is 2.32 bits per heavy atom. The van der Waals surface area contributed by atoms with E-state index >= 15 is 0 Å². The van der Waals surface area contributed by atoms with Gasteiger partial charge in [0.1, 0.15) is 0 Å². The minimum absolute atomic E-state index is 0.0851. The monoisotopic (exact) mass is 302 g/mol. The maximum absolute atomic E-state index is 12.6. The number of unbranched alkanes of at least 4 members (excludes halogenated alkanes) is 1. The first-order valence-corrected chi connectivity index (χ1v) is 8.17. The third kappa shape index (κ3) is 3.87. The molecule has 2 amide bonds. The summed E-state index contributed by atoms with van der Waals surface area (Å²) in [6.07, 6.45) is 2.61. The Morgan fingerprint density at radius 2 is 1.68 bits per heavy atom. The Bertz CT molecular complexity index is 546. The second-order valence-corrected chi connectivity index (χ2v) is 6.09. The summed E-state index contributed by atoms with van der Waals surface area (Å²) in [5.74, 6) is 0.308. The van der Waals surface area contributed by atoms with Crippen LogP contribution in [0.2, 0.25) is 0 Å². The zero-order valence-electron chi connectivity index (χ0n) is 13.9. The van der Waals surface area contributed by atoms with Gasteiger partial charge in [0.25, 0.3) is 5.91 Å². The lowest BCUT2D eigenvalue weighted by Crippen LogP contribution is -2.50. The second kappa shape index (κ2) is 7.43. The van der Waals surface area contributed by atoms with Crippen LogP contribution in [0.1, 0.15) is 47.7 Å². The van der Waals surface area contributed by atoms with Crippen LogP contribution in [0.5, 0.6) is 0 Å². The number of aryl methyl sites for hydroxylation is 2. The van der Waals surface area contributed by atoms with E-state index in [1.165, 1.54) is 0 Å². The van der Waals surface area contributed by atoms with Gasteiger partial charge in [-0.25, -0.2) is 0 Å². The van der Waals surface area contributed by atoms with Gasteiger partial charge >= 0.3 is 0 Å². The maximum atomic E-state index is 12.6. The van der Waals surface area contributed by atoms with E-state index in [-0.39, 0.29) is 11.8 Å². The molecule has 22 heavy (non-hydrogen) atoms. The molecule has 4 heteroatoms. The van der Waals surface area contributed by atoms with Crippen molar-refractivity contribution in [1.82, 2.24) is 9.80 Å². The molecular formula is C18H26N2O2. The van der Waals surface area contributed by atoms with Crippen molar-refractivity contribution in [3.05, 3.63) is 34.9 Å². The van der Waals surface area contributed by atoms with Crippen molar-refractivity contribution in [3.63, 3.8) is 0 Å². The van der Waals surface area contributed by atoms with Crippen LogP contribution in [0, 0.1) is 13.8 Å². The minimum Gasteiger partial charge on any atom is -0.339 e. The first kappa shape index (κ1) is 16.5. The number of piperazine rings is 1. The van der Waals surface area contributed by atoms with Gasteiger partial charge in [0, 0.05) is 38.2 Å². The fourth-order valence-electron chi connectivity index (χ4n) is 2.78. The molecule has 0 spiro atoms. The number of hydrogen-bond acceptors (Lipinski definition) is 2. The number of hydrogen-bond donors (Lipinski definition) is 0. The highest BCUT2D eigenvalue weighted by Crippen LogP contribution is 2.15. The number of nitrogens with zero attached hydrogens (tertiary/aromatic N) is 2. The van der Waals surface area contributed by atoms with E-state index in [0.29, 0.717) is 32.6 Å². The summed E-state index contributed by atoms with van der Waals surface area (Å²) in [7, 11) is 0. The van der Waals surface area contributed by atoms with Crippen LogP contribution < -0.4 is 0 Å². The summed E-state index contributed by atoms with van der Waals surface area (Å²) in [4.78, 5) is 28.4. The Kier molecular flexibility index (Phi) is 5.58. The fraction of sp³-hybridized carbons (Fsp3) is 0.556. The predicted molar refractivity (Wildman–Crippen MR) is 87.9 cm³/mol. The summed E-state index contributed by atoms with van der Waals surface area (Å²) in [5.41, 5.74) is 2.89. The normalized spacial score (nSPS) is 15.0. The first-order chi connectivity index (χ1) is 10.5. The molecule has 0 aliphatic carbocycles. The number of carbonyl (C=O) groups is 2. The van der Waals surface area contributed by atoms with Crippen LogP contribution in [-0.4, -0.2) is 47.8 Å². The molecule has 0 radical (unpaired) electrons. The molecular weight excluding hydrogens is 276 g/mol. The number of rotatable bonds is 4. The van der Waals surface area contributed by atoms with Crippen LogP contribution in [-0.2, 0) is 4.79 Å². The van der Waals surface area contributed by atoms with Crippen molar-refractivity contribution in [2.75, 3.05) is 26.2 Å². The van der Waals surface area contributed by atoms with E-state index in [9.17, 15) is 9.59 Å². The molecule has 1 saturated heterocycles. The average molecular weight is 302 g/mol. The molecule has 1 aromatic carbocycles. The van der Waals surface area contributed by atoms with Crippen LogP contribution in [0.3, 0.4) is 0 Å². The quantitative estimate of drug-likeness (QED) is 0.858. The summed E-state index contributed by atoms with van der Waals surface area (Å²) in [5, 5.41) is 0. The Morgan fingerprint density at radius 1 is 1.05 bits per heavy atom. The van der Waals surface area contributed by atoms with Gasteiger partial charge in [-0.3, -0.25) is 9.59 Å². The van der Waals surface area contributed by atoms with Gasteiger partial charge in [-0.2, -0.15) is 0 Å². The van der Waals surface area contributed by atoms with Crippen molar-refractivity contribution in [3.8, 4) is 0 Å². The SMILES string of the molecule is CCCCC(=O)N1CCN(C(=O)c2cc(C)ccc2C)CC1. The van der Waals surface area contributed by atoms with Crippen molar-refractivity contribution < 1.29 is 9.59 Å². The van der Waals surface area contributed by atoms with E-state index in [2.05, 4.69) is 6.92 Å². The zero-order valence-corrected chi connectivity index (χ0v) is 13.9. The third-order valence-corrected chi connectivity index (χ3v) is 4.29. The lowest BCUT2D eigenvalue weighted by molar-refractivity contribution is -0.132. The molecule has 0 N–H and O–H groups in total. The fourth-order valence-corrected chi connectivity index (χ4v) is 2.78. The lowest BCUT2D eigenvalue weighted by Gasteiger charge is -2.35. The maximum Gasteiger partial charge on any atom is 0.254 e. The van der Waals surface area contributed by atoms with Gasteiger partial charge in [-0.05, 0) is 31.9 Å². The molecule has 4 nitrogen and oxygen atoms in total. The van der Waals surface area contributed by atoms with E-state index in [1.807, 2.05) is 41.8 Å². The summed E-state index contributed by atoms with van der Waals surface area (Å²) < 4.78 is 0. The molecule has 120 valence electrons.